The molecule has 3 heterocycles. The zero-order valence-corrected chi connectivity index (χ0v) is 23.0. The van der Waals surface area contributed by atoms with Crippen LogP contribution in [-0.4, -0.2) is 88.9 Å². The minimum Gasteiger partial charge on any atom is -0.491 e. The van der Waals surface area contributed by atoms with Gasteiger partial charge in [-0.15, -0.1) is 11.3 Å². The van der Waals surface area contributed by atoms with E-state index >= 15 is 0 Å². The third kappa shape index (κ3) is 7.96. The van der Waals surface area contributed by atoms with E-state index in [1.807, 2.05) is 24.1 Å². The van der Waals surface area contributed by atoms with Gasteiger partial charge in [0.2, 0.25) is 0 Å². The summed E-state index contributed by atoms with van der Waals surface area (Å²) >= 11 is 1.36. The maximum absolute atomic E-state index is 13.0. The average molecular weight is 555 g/mol. The lowest BCUT2D eigenvalue weighted by Gasteiger charge is -2.30. The highest BCUT2D eigenvalue weighted by Crippen LogP contribution is 2.27. The van der Waals surface area contributed by atoms with Gasteiger partial charge in [-0.25, -0.2) is 4.98 Å². The number of nitrogens with zero attached hydrogens (tertiary/aromatic N) is 4. The third-order valence-corrected chi connectivity index (χ3v) is 7.09. The van der Waals surface area contributed by atoms with Gasteiger partial charge in [0.15, 0.2) is 5.13 Å². The summed E-state index contributed by atoms with van der Waals surface area (Å²) in [7, 11) is 3.50. The number of thiazole rings is 1. The lowest BCUT2D eigenvalue weighted by Crippen LogP contribution is -2.43. The lowest BCUT2D eigenvalue weighted by atomic mass is 10.1. The Morgan fingerprint density at radius 1 is 1.21 bits per heavy atom. The molecule has 0 saturated carbocycles. The van der Waals surface area contributed by atoms with Gasteiger partial charge in [0, 0.05) is 64.0 Å². The van der Waals surface area contributed by atoms with Gasteiger partial charge in [-0.3, -0.25) is 14.6 Å². The van der Waals surface area contributed by atoms with E-state index in [1.54, 1.807) is 37.0 Å². The van der Waals surface area contributed by atoms with Crippen molar-refractivity contribution in [3.63, 3.8) is 0 Å². The van der Waals surface area contributed by atoms with Gasteiger partial charge < -0.3 is 34.6 Å². The number of carbonyl (C=O) groups is 2. The summed E-state index contributed by atoms with van der Waals surface area (Å²) < 4.78 is 16.2. The molecule has 0 spiro atoms. The number of aromatic nitrogens is 2. The molecule has 1 aliphatic heterocycles. The Kier molecular flexibility index (Phi) is 10.6. The second kappa shape index (κ2) is 14.5. The second-order valence-electron chi connectivity index (χ2n) is 8.89. The second-order valence-corrected chi connectivity index (χ2v) is 9.72. The van der Waals surface area contributed by atoms with Crippen molar-refractivity contribution in [3.8, 4) is 5.75 Å². The van der Waals surface area contributed by atoms with Crippen LogP contribution in [-0.2, 0) is 16.0 Å². The summed E-state index contributed by atoms with van der Waals surface area (Å²) in [5.41, 5.74) is 3.28. The Hall–Kier alpha value is -3.58. The Labute approximate surface area is 232 Å². The minimum atomic E-state index is -0.299. The maximum atomic E-state index is 13.0. The van der Waals surface area contributed by atoms with E-state index in [-0.39, 0.29) is 5.91 Å². The predicted molar refractivity (Wildman–Crippen MR) is 152 cm³/mol. The van der Waals surface area contributed by atoms with Crippen LogP contribution in [0.4, 0.5) is 16.5 Å². The number of benzene rings is 1. The monoisotopic (exact) mass is 554 g/mol. The molecule has 3 aromatic rings. The van der Waals surface area contributed by atoms with Crippen molar-refractivity contribution in [1.29, 1.82) is 0 Å². The highest BCUT2D eigenvalue weighted by atomic mass is 32.1. The van der Waals surface area contributed by atoms with Crippen molar-refractivity contribution in [2.75, 3.05) is 81.9 Å². The first-order valence-electron chi connectivity index (χ1n) is 12.7. The molecular weight excluding hydrogens is 520 g/mol. The van der Waals surface area contributed by atoms with Crippen LogP contribution in [0.2, 0.25) is 0 Å². The van der Waals surface area contributed by atoms with Gasteiger partial charge in [0.1, 0.15) is 24.3 Å². The Balaban J connectivity index is 1.37. The molecule has 0 aliphatic carbocycles. The molecule has 12 heteroatoms. The lowest BCUT2D eigenvalue weighted by molar-refractivity contribution is 0.0544. The number of aldehydes is 1. The molecule has 4 rings (SSSR count). The summed E-state index contributed by atoms with van der Waals surface area (Å²) in [4.78, 5) is 37.6. The van der Waals surface area contributed by atoms with E-state index in [1.165, 1.54) is 11.3 Å². The number of nitrogens with one attached hydrogen (secondary N) is 2. The SMILES string of the molecule is COCCOCCOc1ccc(C=O)c(CN(C)c2nc(C(=O)Nc3cnccc3N3CCNCC3)cs2)c1. The van der Waals surface area contributed by atoms with Gasteiger partial charge in [-0.2, -0.15) is 0 Å². The quantitative estimate of drug-likeness (QED) is 0.227. The van der Waals surface area contributed by atoms with Gasteiger partial charge in [0.25, 0.3) is 5.91 Å². The molecule has 0 bridgehead atoms. The number of hydrogen-bond acceptors (Lipinski definition) is 11. The van der Waals surface area contributed by atoms with E-state index in [4.69, 9.17) is 14.2 Å². The first-order chi connectivity index (χ1) is 19.1. The zero-order valence-electron chi connectivity index (χ0n) is 22.2. The number of ether oxygens (including phenoxy) is 3. The molecule has 208 valence electrons. The number of rotatable bonds is 14. The molecule has 39 heavy (non-hydrogen) atoms. The van der Waals surface area contributed by atoms with E-state index < -0.39 is 0 Å². The van der Waals surface area contributed by atoms with Crippen molar-refractivity contribution in [2.24, 2.45) is 0 Å². The van der Waals surface area contributed by atoms with Crippen molar-refractivity contribution >= 4 is 40.0 Å². The molecular formula is C27H34N6O5S. The highest BCUT2D eigenvalue weighted by Gasteiger charge is 2.19. The zero-order chi connectivity index (χ0) is 27.5. The van der Waals surface area contributed by atoms with Crippen LogP contribution in [0.1, 0.15) is 26.4 Å². The number of piperazine rings is 1. The third-order valence-electron chi connectivity index (χ3n) is 6.13. The molecule has 2 aromatic heterocycles. The maximum Gasteiger partial charge on any atom is 0.275 e. The van der Waals surface area contributed by atoms with Gasteiger partial charge in [-0.1, -0.05) is 0 Å². The van der Waals surface area contributed by atoms with E-state index in [9.17, 15) is 9.59 Å². The molecule has 1 aliphatic rings. The Morgan fingerprint density at radius 2 is 2.03 bits per heavy atom. The fourth-order valence-corrected chi connectivity index (χ4v) is 4.88. The number of pyridine rings is 1. The van der Waals surface area contributed by atoms with Gasteiger partial charge in [-0.05, 0) is 29.8 Å². The normalized spacial score (nSPS) is 13.2. The minimum absolute atomic E-state index is 0.299. The number of anilines is 3. The molecule has 11 nitrogen and oxygen atoms in total. The largest absolute Gasteiger partial charge is 0.491 e. The number of methoxy groups -OCH3 is 1. The standard InChI is InChI=1S/C27H34N6O5S/c1-32(17-21-15-22(4-3-20(21)18-34)38-14-13-37-12-11-36-2)27-31-24(19-39-27)26(35)30-23-16-29-6-5-25(23)33-9-7-28-8-10-33/h3-6,15-16,18-19,28H,7-14,17H2,1-2H3,(H,30,35). The molecule has 1 saturated heterocycles. The predicted octanol–water partition coefficient (Wildman–Crippen LogP) is 2.69. The first-order valence-corrected chi connectivity index (χ1v) is 13.6. The molecule has 2 N–H and O–H groups in total. The summed E-state index contributed by atoms with van der Waals surface area (Å²) in [6.07, 6.45) is 4.22. The van der Waals surface area contributed by atoms with Gasteiger partial charge in [0.05, 0.1) is 37.4 Å². The summed E-state index contributed by atoms with van der Waals surface area (Å²) in [6, 6.07) is 7.26. The van der Waals surface area contributed by atoms with Crippen LogP contribution in [0.5, 0.6) is 5.75 Å². The van der Waals surface area contributed by atoms with Crippen molar-refractivity contribution in [3.05, 3.63) is 58.9 Å². The number of amides is 1. The Bertz CT molecular complexity index is 1230. The molecule has 0 atom stereocenters. The molecule has 0 radical (unpaired) electrons. The molecule has 1 fully saturated rings. The van der Waals surface area contributed by atoms with Crippen LogP contribution >= 0.6 is 11.3 Å². The van der Waals surface area contributed by atoms with Crippen LogP contribution in [0.25, 0.3) is 0 Å². The van der Waals surface area contributed by atoms with Crippen molar-refractivity contribution < 1.29 is 23.8 Å². The van der Waals surface area contributed by atoms with Crippen molar-refractivity contribution in [2.45, 2.75) is 6.54 Å². The van der Waals surface area contributed by atoms with E-state index in [0.717, 1.165) is 43.7 Å². The van der Waals surface area contributed by atoms with Crippen LogP contribution in [0.3, 0.4) is 0 Å². The fourth-order valence-electron chi connectivity index (χ4n) is 4.10. The van der Waals surface area contributed by atoms with Gasteiger partial charge >= 0.3 is 0 Å². The topological polar surface area (TPSA) is 118 Å². The first kappa shape index (κ1) is 28.4. The fraction of sp³-hybridized carbons (Fsp3) is 0.407. The summed E-state index contributed by atoms with van der Waals surface area (Å²) in [5.74, 6) is 0.349. The summed E-state index contributed by atoms with van der Waals surface area (Å²) in [5, 5.41) is 8.69. The smallest absolute Gasteiger partial charge is 0.275 e. The van der Waals surface area contributed by atoms with Crippen LogP contribution in [0, 0.1) is 0 Å². The van der Waals surface area contributed by atoms with Crippen LogP contribution in [0.15, 0.2) is 42.0 Å². The van der Waals surface area contributed by atoms with E-state index in [2.05, 4.69) is 25.5 Å². The highest BCUT2D eigenvalue weighted by molar-refractivity contribution is 7.13. The Morgan fingerprint density at radius 3 is 2.82 bits per heavy atom. The molecule has 1 aromatic carbocycles. The molecule has 0 unspecified atom stereocenters. The van der Waals surface area contributed by atoms with Crippen molar-refractivity contribution in [1.82, 2.24) is 15.3 Å². The number of carbonyl (C=O) groups excluding carboxylic acids is 2. The van der Waals surface area contributed by atoms with E-state index in [0.29, 0.717) is 60.8 Å². The molecule has 1 amide bonds. The summed E-state index contributed by atoms with van der Waals surface area (Å²) in [6.45, 7) is 5.78. The number of hydrogen-bond donors (Lipinski definition) is 2. The average Bonchev–Trinajstić information content (AvgIpc) is 3.47. The van der Waals surface area contributed by atoms with Crippen LogP contribution < -0.4 is 25.2 Å².